The number of hydrogen-bond acceptors (Lipinski definition) is 8. The molecule has 2 aromatic heterocycles. The first-order valence-corrected chi connectivity index (χ1v) is 14.0. The van der Waals surface area contributed by atoms with E-state index in [1.807, 2.05) is 38.4 Å². The molecule has 5 aromatic rings. The number of hydrogen-bond donors (Lipinski definition) is 0. The maximum absolute atomic E-state index is 14.6. The SMILES string of the molecule is CCc1ccc(OC)c(S(=O)(=O)N(Cc2ccc(OC)cc2OC)c2noc3cccc(-c4cnn(C)c4)c23)c1. The molecule has 208 valence electrons. The van der Waals surface area contributed by atoms with E-state index < -0.39 is 10.0 Å². The van der Waals surface area contributed by atoms with Gasteiger partial charge in [0.25, 0.3) is 10.0 Å². The number of anilines is 1. The average molecular weight is 563 g/mol. The number of methoxy groups -OCH3 is 3. The van der Waals surface area contributed by atoms with Crippen molar-refractivity contribution in [3.8, 4) is 28.4 Å². The highest BCUT2D eigenvalue weighted by Gasteiger charge is 2.34. The van der Waals surface area contributed by atoms with Gasteiger partial charge in [0.2, 0.25) is 0 Å². The molecule has 2 heterocycles. The first-order chi connectivity index (χ1) is 19.3. The van der Waals surface area contributed by atoms with Crippen LogP contribution in [0.15, 0.2) is 76.4 Å². The highest BCUT2D eigenvalue weighted by molar-refractivity contribution is 7.93. The largest absolute Gasteiger partial charge is 0.497 e. The van der Waals surface area contributed by atoms with Crippen LogP contribution in [0.1, 0.15) is 18.1 Å². The molecule has 0 saturated carbocycles. The van der Waals surface area contributed by atoms with Crippen molar-refractivity contribution >= 4 is 26.8 Å². The van der Waals surface area contributed by atoms with E-state index in [0.717, 1.165) is 16.7 Å². The standard InChI is InChI=1S/C29H30N4O6S/c1-6-19-10-13-24(37-4)27(14-19)40(34,35)33(18-20-11-12-22(36-3)15-26(20)38-5)29-28-23(21-16-30-32(2)17-21)8-7-9-25(28)39-31-29/h7-17H,6,18H2,1-5H3. The van der Waals surface area contributed by atoms with Gasteiger partial charge in [0.1, 0.15) is 22.1 Å². The van der Waals surface area contributed by atoms with Gasteiger partial charge in [0, 0.05) is 30.4 Å². The normalized spacial score (nSPS) is 11.5. The Labute approximate surface area is 232 Å². The number of aromatic nitrogens is 3. The highest BCUT2D eigenvalue weighted by atomic mass is 32.2. The van der Waals surface area contributed by atoms with Crippen LogP contribution in [0.2, 0.25) is 0 Å². The lowest BCUT2D eigenvalue weighted by atomic mass is 10.0. The summed E-state index contributed by atoms with van der Waals surface area (Å²) in [5.41, 5.74) is 3.42. The predicted molar refractivity (Wildman–Crippen MR) is 151 cm³/mol. The molecule has 3 aromatic carbocycles. The lowest BCUT2D eigenvalue weighted by molar-refractivity contribution is 0.391. The predicted octanol–water partition coefficient (Wildman–Crippen LogP) is 5.21. The molecular formula is C29H30N4O6S. The summed E-state index contributed by atoms with van der Waals surface area (Å²) >= 11 is 0. The third kappa shape index (κ3) is 4.84. The van der Waals surface area contributed by atoms with Crippen molar-refractivity contribution in [3.05, 3.63) is 78.1 Å². The molecule has 0 amide bonds. The molecule has 0 atom stereocenters. The lowest BCUT2D eigenvalue weighted by Crippen LogP contribution is -2.31. The van der Waals surface area contributed by atoms with Crippen LogP contribution >= 0.6 is 0 Å². The Bertz CT molecular complexity index is 1780. The fourth-order valence-corrected chi connectivity index (χ4v) is 6.22. The summed E-state index contributed by atoms with van der Waals surface area (Å²) in [5.74, 6) is 1.41. The van der Waals surface area contributed by atoms with E-state index in [4.69, 9.17) is 18.7 Å². The van der Waals surface area contributed by atoms with Crippen LogP contribution in [-0.4, -0.2) is 44.7 Å². The molecule has 0 unspecified atom stereocenters. The average Bonchev–Trinajstić information content (AvgIpc) is 3.61. The topological polar surface area (TPSA) is 109 Å². The Hall–Kier alpha value is -4.51. The smallest absolute Gasteiger partial charge is 0.269 e. The summed E-state index contributed by atoms with van der Waals surface area (Å²) in [6.45, 7) is 1.86. The van der Waals surface area contributed by atoms with Crippen molar-refractivity contribution in [1.82, 2.24) is 14.9 Å². The molecule has 40 heavy (non-hydrogen) atoms. The third-order valence-corrected chi connectivity index (χ3v) is 8.50. The first kappa shape index (κ1) is 27.1. The molecule has 0 spiro atoms. The quantitative estimate of drug-likeness (QED) is 0.228. The second-order valence-electron chi connectivity index (χ2n) is 9.12. The molecule has 0 N–H and O–H groups in total. The number of aryl methyl sites for hydroxylation is 2. The Kier molecular flexibility index (Phi) is 7.40. The lowest BCUT2D eigenvalue weighted by Gasteiger charge is -2.25. The summed E-state index contributed by atoms with van der Waals surface area (Å²) in [6.07, 6.45) is 4.21. The first-order valence-electron chi connectivity index (χ1n) is 12.6. The van der Waals surface area contributed by atoms with Gasteiger partial charge in [-0.25, -0.2) is 12.7 Å². The van der Waals surface area contributed by atoms with E-state index in [9.17, 15) is 8.42 Å². The van der Waals surface area contributed by atoms with Gasteiger partial charge in [0.05, 0.1) is 39.5 Å². The Morgan fingerprint density at radius 2 is 1.77 bits per heavy atom. The summed E-state index contributed by atoms with van der Waals surface area (Å²) in [4.78, 5) is 0.0248. The van der Waals surface area contributed by atoms with Crippen LogP contribution in [-0.2, 0) is 30.0 Å². The molecule has 0 fully saturated rings. The second-order valence-corrected chi connectivity index (χ2v) is 10.9. The van der Waals surface area contributed by atoms with Gasteiger partial charge in [-0.1, -0.05) is 30.3 Å². The number of fused-ring (bicyclic) bond motifs is 1. The summed E-state index contributed by atoms with van der Waals surface area (Å²) in [7, 11) is 2.10. The highest BCUT2D eigenvalue weighted by Crippen LogP contribution is 2.40. The van der Waals surface area contributed by atoms with Gasteiger partial charge in [-0.3, -0.25) is 4.68 Å². The van der Waals surface area contributed by atoms with Crippen molar-refractivity contribution in [2.45, 2.75) is 24.8 Å². The van der Waals surface area contributed by atoms with E-state index in [0.29, 0.717) is 34.5 Å². The molecule has 10 nitrogen and oxygen atoms in total. The Morgan fingerprint density at radius 1 is 0.975 bits per heavy atom. The van der Waals surface area contributed by atoms with Crippen LogP contribution in [0.5, 0.6) is 17.2 Å². The molecule has 5 rings (SSSR count). The number of sulfonamides is 1. The van der Waals surface area contributed by atoms with E-state index in [1.165, 1.54) is 18.5 Å². The minimum absolute atomic E-state index is 0.0248. The Balaban J connectivity index is 1.77. The second kappa shape index (κ2) is 10.9. The monoisotopic (exact) mass is 562 g/mol. The minimum Gasteiger partial charge on any atom is -0.497 e. The molecule has 11 heteroatoms. The van der Waals surface area contributed by atoms with Gasteiger partial charge in [-0.05, 0) is 47.9 Å². The fraction of sp³-hybridized carbons (Fsp3) is 0.241. The minimum atomic E-state index is -4.25. The molecule has 0 aliphatic carbocycles. The van der Waals surface area contributed by atoms with Crippen molar-refractivity contribution in [2.24, 2.45) is 7.05 Å². The zero-order valence-corrected chi connectivity index (χ0v) is 23.7. The van der Waals surface area contributed by atoms with Gasteiger partial charge in [-0.15, -0.1) is 0 Å². The molecule has 0 saturated heterocycles. The number of benzene rings is 3. The van der Waals surface area contributed by atoms with Gasteiger partial charge in [0.15, 0.2) is 11.4 Å². The van der Waals surface area contributed by atoms with Gasteiger partial charge in [-0.2, -0.15) is 5.10 Å². The maximum atomic E-state index is 14.6. The van der Waals surface area contributed by atoms with Crippen LogP contribution in [0, 0.1) is 0 Å². The van der Waals surface area contributed by atoms with Crippen molar-refractivity contribution in [1.29, 1.82) is 0 Å². The van der Waals surface area contributed by atoms with Gasteiger partial charge >= 0.3 is 0 Å². The molecule has 0 aliphatic heterocycles. The van der Waals surface area contributed by atoms with Crippen molar-refractivity contribution < 1.29 is 27.2 Å². The maximum Gasteiger partial charge on any atom is 0.269 e. The zero-order valence-electron chi connectivity index (χ0n) is 22.9. The van der Waals surface area contributed by atoms with Crippen LogP contribution in [0.4, 0.5) is 5.82 Å². The molecule has 0 radical (unpaired) electrons. The molecular weight excluding hydrogens is 532 g/mol. The molecule has 0 aliphatic rings. The van der Waals surface area contributed by atoms with Crippen molar-refractivity contribution in [3.63, 3.8) is 0 Å². The third-order valence-electron chi connectivity index (χ3n) is 6.74. The summed E-state index contributed by atoms with van der Waals surface area (Å²) < 4.78 is 54.2. The zero-order chi connectivity index (χ0) is 28.4. The number of nitrogens with zero attached hydrogens (tertiary/aromatic N) is 4. The number of ether oxygens (including phenoxy) is 3. The summed E-state index contributed by atoms with van der Waals surface area (Å²) in [5, 5.41) is 9.13. The molecule has 0 bridgehead atoms. The van der Waals surface area contributed by atoms with Crippen LogP contribution in [0.3, 0.4) is 0 Å². The number of rotatable bonds is 10. The Morgan fingerprint density at radius 3 is 2.45 bits per heavy atom. The fourth-order valence-electron chi connectivity index (χ4n) is 4.62. The summed E-state index contributed by atoms with van der Waals surface area (Å²) in [6, 6.07) is 15.9. The van der Waals surface area contributed by atoms with Crippen LogP contribution in [0.25, 0.3) is 22.1 Å². The van der Waals surface area contributed by atoms with E-state index in [2.05, 4.69) is 10.3 Å². The van der Waals surface area contributed by atoms with Gasteiger partial charge < -0.3 is 18.7 Å². The van der Waals surface area contributed by atoms with E-state index >= 15 is 0 Å². The van der Waals surface area contributed by atoms with Crippen LogP contribution < -0.4 is 18.5 Å². The van der Waals surface area contributed by atoms with E-state index in [1.54, 1.807) is 54.4 Å². The van der Waals surface area contributed by atoms with Crippen molar-refractivity contribution in [2.75, 3.05) is 25.6 Å². The van der Waals surface area contributed by atoms with E-state index in [-0.39, 0.29) is 23.0 Å².